The fraction of sp³-hybridized carbons (Fsp3) is 0.290. The Kier molecular flexibility index (Phi) is 6.79. The monoisotopic (exact) mass is 522 g/mol. The first kappa shape index (κ1) is 26.3. The molecule has 5 heteroatoms. The molecule has 0 radical (unpaired) electrons. The first-order valence-electron chi connectivity index (χ1n) is 12.1. The summed E-state index contributed by atoms with van der Waals surface area (Å²) < 4.78 is 16.6. The number of ether oxygens (including phenoxy) is 3. The summed E-state index contributed by atoms with van der Waals surface area (Å²) in [7, 11) is 5.06. The summed E-state index contributed by atoms with van der Waals surface area (Å²) in [5, 5.41) is 4.49. The predicted molar refractivity (Wildman–Crippen MR) is 156 cm³/mol. The fourth-order valence-corrected chi connectivity index (χ4v) is 13.7. The molecule has 3 aromatic carbocycles. The van der Waals surface area contributed by atoms with E-state index in [1.165, 1.54) is 22.0 Å². The zero-order chi connectivity index (χ0) is 26.3. The number of hydrogen-bond acceptors (Lipinski definition) is 3. The van der Waals surface area contributed by atoms with Crippen LogP contribution >= 0.6 is 17.2 Å². The van der Waals surface area contributed by atoms with Crippen molar-refractivity contribution in [2.75, 3.05) is 21.3 Å². The molecule has 0 fully saturated rings. The van der Waals surface area contributed by atoms with Crippen LogP contribution in [0.4, 0.5) is 0 Å². The Morgan fingerprint density at radius 2 is 0.861 bits per heavy atom. The van der Waals surface area contributed by atoms with E-state index in [2.05, 4.69) is 71.0 Å². The summed E-state index contributed by atoms with van der Waals surface area (Å²) in [5.41, 5.74) is 3.65. The van der Waals surface area contributed by atoms with Crippen LogP contribution in [0.3, 0.4) is 0 Å². The van der Waals surface area contributed by atoms with Crippen LogP contribution in [-0.4, -0.2) is 21.3 Å². The van der Waals surface area contributed by atoms with Crippen molar-refractivity contribution in [3.05, 3.63) is 94.8 Å². The van der Waals surface area contributed by atoms with Crippen molar-refractivity contribution in [2.45, 2.75) is 34.6 Å². The molecule has 3 aromatic rings. The second-order valence-corrected chi connectivity index (χ2v) is 16.0. The third-order valence-corrected chi connectivity index (χ3v) is 15.9. The van der Waals surface area contributed by atoms with E-state index in [4.69, 9.17) is 25.5 Å². The normalized spacial score (nSPS) is 16.5. The SMILES string of the molecule is COc1ccc(P(Cl)(C2=C(C)C(C)=C(C)C2(C)C)(c2ccc(OC)cc2)c2ccc(OC)cc2)cc1. The fourth-order valence-electron chi connectivity index (χ4n) is 5.83. The minimum atomic E-state index is -3.77. The Labute approximate surface area is 220 Å². The number of allylic oxidation sites excluding steroid dienone is 4. The molecular formula is C31H36ClO3P. The van der Waals surface area contributed by atoms with Crippen LogP contribution in [0.25, 0.3) is 0 Å². The van der Waals surface area contributed by atoms with E-state index in [0.717, 1.165) is 33.2 Å². The Morgan fingerprint density at radius 3 is 1.08 bits per heavy atom. The third kappa shape index (κ3) is 3.59. The molecule has 3 nitrogen and oxygen atoms in total. The topological polar surface area (TPSA) is 27.7 Å². The molecule has 0 aromatic heterocycles. The minimum absolute atomic E-state index is 0.256. The molecule has 0 atom stereocenters. The molecule has 4 rings (SSSR count). The first-order chi connectivity index (χ1) is 17.0. The molecule has 0 amide bonds. The molecule has 0 bridgehead atoms. The van der Waals surface area contributed by atoms with Gasteiger partial charge in [0.1, 0.15) is 0 Å². The van der Waals surface area contributed by atoms with Gasteiger partial charge >= 0.3 is 221 Å². The first-order valence-corrected chi connectivity index (χ1v) is 15.3. The van der Waals surface area contributed by atoms with E-state index in [-0.39, 0.29) is 5.41 Å². The van der Waals surface area contributed by atoms with E-state index in [0.29, 0.717) is 0 Å². The van der Waals surface area contributed by atoms with E-state index in [1.54, 1.807) is 21.3 Å². The number of benzene rings is 3. The Hall–Kier alpha value is -2.74. The Balaban J connectivity index is 2.24. The molecule has 190 valence electrons. The molecule has 0 aliphatic heterocycles. The number of hydrogen-bond donors (Lipinski definition) is 0. The van der Waals surface area contributed by atoms with Crippen molar-refractivity contribution in [1.82, 2.24) is 0 Å². The summed E-state index contributed by atoms with van der Waals surface area (Å²) in [6, 6.07) is 24.9. The summed E-state index contributed by atoms with van der Waals surface area (Å²) in [5.74, 6) is -1.38. The van der Waals surface area contributed by atoms with Gasteiger partial charge in [0.05, 0.1) is 0 Å². The van der Waals surface area contributed by atoms with Crippen LogP contribution in [0.15, 0.2) is 94.8 Å². The van der Waals surface area contributed by atoms with E-state index in [9.17, 15) is 0 Å². The summed E-state index contributed by atoms with van der Waals surface area (Å²) in [6.07, 6.45) is 0. The van der Waals surface area contributed by atoms with Gasteiger partial charge in [0.2, 0.25) is 0 Å². The molecule has 1 aliphatic carbocycles. The maximum atomic E-state index is 8.60. The molecule has 0 unspecified atom stereocenters. The number of rotatable bonds is 7. The van der Waals surface area contributed by atoms with Crippen LogP contribution in [0.5, 0.6) is 17.2 Å². The van der Waals surface area contributed by atoms with E-state index < -0.39 is 5.96 Å². The molecule has 1 aliphatic rings. The third-order valence-electron chi connectivity index (χ3n) is 8.10. The van der Waals surface area contributed by atoms with Crippen LogP contribution < -0.4 is 30.1 Å². The van der Waals surface area contributed by atoms with E-state index >= 15 is 0 Å². The Bertz CT molecular complexity index is 1220. The summed E-state index contributed by atoms with van der Waals surface area (Å²) in [4.78, 5) is 0. The van der Waals surface area contributed by atoms with Crippen molar-refractivity contribution >= 4 is 33.1 Å². The van der Waals surface area contributed by atoms with Crippen molar-refractivity contribution in [3.8, 4) is 17.2 Å². The molecule has 0 heterocycles. The summed E-state index contributed by atoms with van der Waals surface area (Å²) >= 11 is 8.60. The van der Waals surface area contributed by atoms with Gasteiger partial charge in [0, 0.05) is 0 Å². The van der Waals surface area contributed by atoms with Gasteiger partial charge in [-0.05, 0) is 0 Å². The van der Waals surface area contributed by atoms with Gasteiger partial charge in [-0.2, -0.15) is 0 Å². The number of methoxy groups -OCH3 is 3. The van der Waals surface area contributed by atoms with E-state index in [1.807, 2.05) is 36.4 Å². The zero-order valence-electron chi connectivity index (χ0n) is 22.5. The molecule has 36 heavy (non-hydrogen) atoms. The van der Waals surface area contributed by atoms with Gasteiger partial charge in [0.25, 0.3) is 0 Å². The molecule has 0 spiro atoms. The van der Waals surface area contributed by atoms with Crippen molar-refractivity contribution < 1.29 is 14.2 Å². The Morgan fingerprint density at radius 1 is 0.556 bits per heavy atom. The predicted octanol–water partition coefficient (Wildman–Crippen LogP) is 7.35. The maximum absolute atomic E-state index is 8.60. The molecule has 0 N–H and O–H groups in total. The van der Waals surface area contributed by atoms with Crippen molar-refractivity contribution in [2.24, 2.45) is 5.41 Å². The van der Waals surface area contributed by atoms with Crippen LogP contribution in [0, 0.1) is 5.41 Å². The molecular weight excluding hydrogens is 487 g/mol. The molecule has 0 saturated carbocycles. The average Bonchev–Trinajstić information content (AvgIpc) is 3.07. The standard InChI is InChI=1S/C31H36ClO3P/c1-21-22(2)30(31(4,5)23(21)3)36(32,27-15-9-24(33-6)10-16-27,28-17-11-25(34-7)12-18-28)29-19-13-26(35-8)14-20-29/h9-20H,1-8H3. The van der Waals surface area contributed by atoms with Gasteiger partial charge in [-0.15, -0.1) is 0 Å². The molecule has 0 saturated heterocycles. The van der Waals surface area contributed by atoms with Crippen LogP contribution in [-0.2, 0) is 0 Å². The van der Waals surface area contributed by atoms with Gasteiger partial charge in [0.15, 0.2) is 0 Å². The van der Waals surface area contributed by atoms with Gasteiger partial charge in [-0.1, -0.05) is 0 Å². The second-order valence-electron chi connectivity index (χ2n) is 9.95. The zero-order valence-corrected chi connectivity index (χ0v) is 24.1. The average molecular weight is 523 g/mol. The van der Waals surface area contributed by atoms with Gasteiger partial charge < -0.3 is 0 Å². The van der Waals surface area contributed by atoms with Crippen molar-refractivity contribution in [1.29, 1.82) is 0 Å². The summed E-state index contributed by atoms with van der Waals surface area (Å²) in [6.45, 7) is 11.3. The van der Waals surface area contributed by atoms with Gasteiger partial charge in [-0.3, -0.25) is 0 Å². The van der Waals surface area contributed by atoms with Crippen LogP contribution in [0.1, 0.15) is 34.6 Å². The quantitative estimate of drug-likeness (QED) is 0.304. The van der Waals surface area contributed by atoms with Crippen LogP contribution in [0.2, 0.25) is 0 Å². The second kappa shape index (κ2) is 9.29. The number of halogens is 1. The van der Waals surface area contributed by atoms with Gasteiger partial charge in [-0.25, -0.2) is 0 Å². The van der Waals surface area contributed by atoms with Crippen molar-refractivity contribution in [3.63, 3.8) is 0 Å².